The highest BCUT2D eigenvalue weighted by Crippen LogP contribution is 2.14. The Balaban J connectivity index is 1.52. The molecule has 0 aliphatic carbocycles. The van der Waals surface area contributed by atoms with E-state index in [4.69, 9.17) is 4.74 Å². The lowest BCUT2D eigenvalue weighted by Gasteiger charge is -2.38. The lowest BCUT2D eigenvalue weighted by atomic mass is 10.0. The number of carbonyl (C=O) groups excluding carboxylic acids is 1. The van der Waals surface area contributed by atoms with E-state index in [9.17, 15) is 4.79 Å². The van der Waals surface area contributed by atoms with Gasteiger partial charge in [0.1, 0.15) is 18.8 Å². The summed E-state index contributed by atoms with van der Waals surface area (Å²) in [4.78, 5) is 15.5. The van der Waals surface area contributed by atoms with E-state index in [1.54, 1.807) is 0 Å². The molecule has 3 N–H and O–H groups in total. The molecule has 18 heavy (non-hydrogen) atoms. The van der Waals surface area contributed by atoms with Crippen LogP contribution in [0.5, 0.6) is 0 Å². The molecule has 0 unspecified atom stereocenters. The van der Waals surface area contributed by atoms with Crippen molar-refractivity contribution >= 4 is 5.91 Å². The quantitative estimate of drug-likeness (QED) is 0.555. The topological polar surface area (TPSA) is 91.9 Å². The van der Waals surface area contributed by atoms with E-state index in [0.717, 1.165) is 31.8 Å². The van der Waals surface area contributed by atoms with Crippen molar-refractivity contribution in [3.05, 3.63) is 12.2 Å². The maximum atomic E-state index is 11.5. The van der Waals surface area contributed by atoms with Gasteiger partial charge in [-0.05, 0) is 13.3 Å². The number of hydrogen-bond acceptors (Lipinski definition) is 5. The van der Waals surface area contributed by atoms with Gasteiger partial charge in [-0.1, -0.05) is 0 Å². The number of amides is 1. The van der Waals surface area contributed by atoms with E-state index in [1.165, 1.54) is 6.33 Å². The summed E-state index contributed by atoms with van der Waals surface area (Å²) in [7, 11) is 0. The van der Waals surface area contributed by atoms with E-state index in [2.05, 4.69) is 25.8 Å². The van der Waals surface area contributed by atoms with Crippen LogP contribution in [0.4, 0.5) is 0 Å². The number of aromatic amines is 1. The summed E-state index contributed by atoms with van der Waals surface area (Å²) in [5.74, 6) is 0.772. The van der Waals surface area contributed by atoms with Crippen molar-refractivity contribution in [2.24, 2.45) is 0 Å². The van der Waals surface area contributed by atoms with Crippen LogP contribution in [0.2, 0.25) is 0 Å². The molecule has 0 aromatic carbocycles. The first kappa shape index (κ1) is 13.0. The van der Waals surface area contributed by atoms with E-state index in [1.807, 2.05) is 6.92 Å². The summed E-state index contributed by atoms with van der Waals surface area (Å²) in [6.45, 7) is 4.37. The van der Waals surface area contributed by atoms with Crippen LogP contribution in [0.25, 0.3) is 0 Å². The van der Waals surface area contributed by atoms with E-state index in [-0.39, 0.29) is 18.1 Å². The predicted molar refractivity (Wildman–Crippen MR) is 64.9 cm³/mol. The Bertz CT molecular complexity index is 375. The standard InChI is InChI=1S/C11H19N5O2/c1-11(6-12-7-11)18-5-10(17)13-4-2-3-9-14-8-15-16-9/h8,12H,2-7H2,1H3,(H,13,17)(H,14,15,16). The molecule has 1 aliphatic heterocycles. The van der Waals surface area contributed by atoms with Crippen LogP contribution in [0.3, 0.4) is 0 Å². The number of aryl methyl sites for hydroxylation is 1. The van der Waals surface area contributed by atoms with Crippen LogP contribution in [-0.4, -0.2) is 52.9 Å². The second kappa shape index (κ2) is 5.92. The van der Waals surface area contributed by atoms with E-state index >= 15 is 0 Å². The van der Waals surface area contributed by atoms with Crippen LogP contribution in [0.15, 0.2) is 6.33 Å². The fourth-order valence-corrected chi connectivity index (χ4v) is 1.70. The fourth-order valence-electron chi connectivity index (χ4n) is 1.70. The Morgan fingerprint density at radius 1 is 1.61 bits per heavy atom. The van der Waals surface area contributed by atoms with Crippen molar-refractivity contribution in [2.45, 2.75) is 25.4 Å². The highest BCUT2D eigenvalue weighted by atomic mass is 16.5. The number of nitrogens with zero attached hydrogens (tertiary/aromatic N) is 2. The molecule has 1 aromatic heterocycles. The van der Waals surface area contributed by atoms with Crippen LogP contribution in [0.1, 0.15) is 19.2 Å². The summed E-state index contributed by atoms with van der Waals surface area (Å²) in [5.41, 5.74) is -0.169. The first-order valence-corrected chi connectivity index (χ1v) is 6.14. The SMILES string of the molecule is CC1(OCC(=O)NCCCc2ncn[nH]2)CNC1. The Labute approximate surface area is 106 Å². The Morgan fingerprint density at radius 2 is 2.44 bits per heavy atom. The molecule has 2 heterocycles. The van der Waals surface area contributed by atoms with Crippen molar-refractivity contribution in [3.8, 4) is 0 Å². The molecule has 7 nitrogen and oxygen atoms in total. The summed E-state index contributed by atoms with van der Waals surface area (Å²) in [5, 5.41) is 12.5. The minimum Gasteiger partial charge on any atom is -0.363 e. The predicted octanol–water partition coefficient (Wildman–Crippen LogP) is -0.768. The van der Waals surface area contributed by atoms with Gasteiger partial charge in [-0.25, -0.2) is 4.98 Å². The molecule has 100 valence electrons. The van der Waals surface area contributed by atoms with Gasteiger partial charge in [0, 0.05) is 26.1 Å². The second-order valence-corrected chi connectivity index (χ2v) is 4.73. The van der Waals surface area contributed by atoms with Gasteiger partial charge in [0.05, 0.1) is 5.60 Å². The van der Waals surface area contributed by atoms with Crippen molar-refractivity contribution in [1.29, 1.82) is 0 Å². The average molecular weight is 253 g/mol. The highest BCUT2D eigenvalue weighted by molar-refractivity contribution is 5.77. The first-order valence-electron chi connectivity index (χ1n) is 6.14. The number of hydrogen-bond donors (Lipinski definition) is 3. The molecule has 1 aromatic rings. The molecule has 2 rings (SSSR count). The van der Waals surface area contributed by atoms with E-state index < -0.39 is 0 Å². The van der Waals surface area contributed by atoms with Crippen LogP contribution in [0, 0.1) is 0 Å². The molecule has 1 aliphatic rings. The van der Waals surface area contributed by atoms with Crippen LogP contribution in [-0.2, 0) is 16.0 Å². The summed E-state index contributed by atoms with van der Waals surface area (Å²) < 4.78 is 5.53. The molecule has 1 saturated heterocycles. The van der Waals surface area contributed by atoms with Gasteiger partial charge in [0.25, 0.3) is 0 Å². The van der Waals surface area contributed by atoms with Crippen molar-refractivity contribution in [2.75, 3.05) is 26.2 Å². The number of rotatable bonds is 7. The van der Waals surface area contributed by atoms with Crippen LogP contribution >= 0.6 is 0 Å². The van der Waals surface area contributed by atoms with Crippen molar-refractivity contribution < 1.29 is 9.53 Å². The third-order valence-electron chi connectivity index (χ3n) is 2.93. The maximum absolute atomic E-state index is 11.5. The van der Waals surface area contributed by atoms with Gasteiger partial charge < -0.3 is 15.4 Å². The van der Waals surface area contributed by atoms with Crippen LogP contribution < -0.4 is 10.6 Å². The molecule has 0 bridgehead atoms. The summed E-state index contributed by atoms with van der Waals surface area (Å²) >= 11 is 0. The molecule has 1 fully saturated rings. The van der Waals surface area contributed by atoms with Gasteiger partial charge in [-0.2, -0.15) is 5.10 Å². The molecule has 0 saturated carbocycles. The zero-order valence-corrected chi connectivity index (χ0v) is 10.5. The minimum atomic E-state index is -0.169. The zero-order chi connectivity index (χ0) is 12.8. The summed E-state index contributed by atoms with van der Waals surface area (Å²) in [6.07, 6.45) is 3.09. The Hall–Kier alpha value is -1.47. The maximum Gasteiger partial charge on any atom is 0.246 e. The highest BCUT2D eigenvalue weighted by Gasteiger charge is 2.32. The fraction of sp³-hybridized carbons (Fsp3) is 0.727. The zero-order valence-electron chi connectivity index (χ0n) is 10.5. The monoisotopic (exact) mass is 253 g/mol. The lowest BCUT2D eigenvalue weighted by molar-refractivity contribution is -0.135. The molecule has 7 heteroatoms. The number of nitrogens with one attached hydrogen (secondary N) is 3. The van der Waals surface area contributed by atoms with Gasteiger partial charge in [0.2, 0.25) is 5.91 Å². The smallest absolute Gasteiger partial charge is 0.246 e. The van der Waals surface area contributed by atoms with Gasteiger partial charge in [-0.15, -0.1) is 0 Å². The van der Waals surface area contributed by atoms with Gasteiger partial charge >= 0.3 is 0 Å². The van der Waals surface area contributed by atoms with Crippen molar-refractivity contribution in [3.63, 3.8) is 0 Å². The third-order valence-corrected chi connectivity index (χ3v) is 2.93. The molecule has 0 atom stereocenters. The Morgan fingerprint density at radius 3 is 3.06 bits per heavy atom. The van der Waals surface area contributed by atoms with Gasteiger partial charge in [-0.3, -0.25) is 9.89 Å². The number of ether oxygens (including phenoxy) is 1. The van der Waals surface area contributed by atoms with Gasteiger partial charge in [0.15, 0.2) is 0 Å². The van der Waals surface area contributed by atoms with Crippen molar-refractivity contribution in [1.82, 2.24) is 25.8 Å². The summed E-state index contributed by atoms with van der Waals surface area (Å²) in [6, 6.07) is 0. The molecule has 0 spiro atoms. The largest absolute Gasteiger partial charge is 0.363 e. The number of carbonyl (C=O) groups is 1. The molecule has 0 radical (unpaired) electrons. The minimum absolute atomic E-state index is 0.0688. The normalized spacial score (nSPS) is 17.2. The number of aromatic nitrogens is 3. The third kappa shape index (κ3) is 3.78. The molecular weight excluding hydrogens is 234 g/mol. The first-order chi connectivity index (χ1) is 8.68. The Kier molecular flexibility index (Phi) is 4.27. The molecular formula is C11H19N5O2. The van der Waals surface area contributed by atoms with E-state index in [0.29, 0.717) is 6.54 Å². The number of H-pyrrole nitrogens is 1. The average Bonchev–Trinajstić information content (AvgIpc) is 2.82. The second-order valence-electron chi connectivity index (χ2n) is 4.73. The molecule has 1 amide bonds. The lowest BCUT2D eigenvalue weighted by Crippen LogP contribution is -2.59.